The molecule has 1 aromatic heterocycles. The minimum absolute atomic E-state index is 0.0912. The van der Waals surface area contributed by atoms with Crippen molar-refractivity contribution in [2.75, 3.05) is 18.4 Å². The highest BCUT2D eigenvalue weighted by Gasteiger charge is 2.41. The van der Waals surface area contributed by atoms with E-state index in [1.807, 2.05) is 0 Å². The van der Waals surface area contributed by atoms with Gasteiger partial charge < -0.3 is 10.4 Å². The minimum atomic E-state index is -4.32. The molecule has 2 fully saturated rings. The van der Waals surface area contributed by atoms with E-state index in [1.54, 1.807) is 24.7 Å². The number of alkyl halides is 3. The maximum Gasteiger partial charge on any atom is 0.416 e. The van der Waals surface area contributed by atoms with E-state index in [-0.39, 0.29) is 6.04 Å². The quantitative estimate of drug-likeness (QED) is 0.837. The molecular formula is C20H23F3N4O. The predicted molar refractivity (Wildman–Crippen MR) is 98.4 cm³/mol. The molecule has 1 aliphatic heterocycles. The summed E-state index contributed by atoms with van der Waals surface area (Å²) in [6.45, 7) is 2.12. The van der Waals surface area contributed by atoms with Gasteiger partial charge in [0.1, 0.15) is 5.82 Å². The van der Waals surface area contributed by atoms with Crippen LogP contribution in [-0.4, -0.2) is 45.2 Å². The Hall–Kier alpha value is -2.19. The van der Waals surface area contributed by atoms with Crippen LogP contribution < -0.4 is 5.32 Å². The van der Waals surface area contributed by atoms with E-state index in [1.165, 1.54) is 12.1 Å². The van der Waals surface area contributed by atoms with Crippen molar-refractivity contribution in [3.63, 3.8) is 0 Å². The maximum atomic E-state index is 12.9. The molecule has 2 heterocycles. The van der Waals surface area contributed by atoms with E-state index in [4.69, 9.17) is 0 Å². The molecule has 8 heteroatoms. The molecule has 2 aromatic rings. The monoisotopic (exact) mass is 392 g/mol. The first kappa shape index (κ1) is 19.1. The van der Waals surface area contributed by atoms with Crippen molar-refractivity contribution in [2.24, 2.45) is 11.8 Å². The van der Waals surface area contributed by atoms with Crippen molar-refractivity contribution >= 4 is 5.82 Å². The fraction of sp³-hybridized carbons (Fsp3) is 0.500. The largest absolute Gasteiger partial charge is 0.416 e. The van der Waals surface area contributed by atoms with E-state index in [9.17, 15) is 18.3 Å². The van der Waals surface area contributed by atoms with Gasteiger partial charge >= 0.3 is 6.18 Å². The van der Waals surface area contributed by atoms with Gasteiger partial charge in [0.25, 0.3) is 0 Å². The summed E-state index contributed by atoms with van der Waals surface area (Å²) >= 11 is 0. The number of aromatic nitrogens is 2. The van der Waals surface area contributed by atoms with Crippen LogP contribution in [-0.2, 0) is 12.7 Å². The van der Waals surface area contributed by atoms with Gasteiger partial charge in [-0.15, -0.1) is 0 Å². The molecule has 1 saturated heterocycles. The molecule has 1 saturated carbocycles. The zero-order valence-corrected chi connectivity index (χ0v) is 15.3. The van der Waals surface area contributed by atoms with E-state index in [0.29, 0.717) is 36.2 Å². The minimum Gasteiger partial charge on any atom is -0.391 e. The van der Waals surface area contributed by atoms with Crippen LogP contribution in [0, 0.1) is 11.8 Å². The fourth-order valence-corrected chi connectivity index (χ4v) is 4.48. The zero-order chi connectivity index (χ0) is 19.7. The van der Waals surface area contributed by atoms with Crippen molar-refractivity contribution in [2.45, 2.75) is 37.7 Å². The second kappa shape index (κ2) is 7.67. The number of nitrogens with one attached hydrogen (secondary N) is 1. The molecule has 5 nitrogen and oxygen atoms in total. The zero-order valence-electron chi connectivity index (χ0n) is 15.3. The molecular weight excluding hydrogens is 369 g/mol. The summed E-state index contributed by atoms with van der Waals surface area (Å²) in [6.07, 6.45) is 1.53. The van der Waals surface area contributed by atoms with Crippen LogP contribution in [0.15, 0.2) is 42.9 Å². The van der Waals surface area contributed by atoms with Crippen LogP contribution in [0.3, 0.4) is 0 Å². The molecule has 0 radical (unpaired) electrons. The highest BCUT2D eigenvalue weighted by atomic mass is 19.4. The number of anilines is 1. The Morgan fingerprint density at radius 3 is 2.64 bits per heavy atom. The van der Waals surface area contributed by atoms with Gasteiger partial charge in [0.2, 0.25) is 0 Å². The van der Waals surface area contributed by atoms with Gasteiger partial charge in [-0.05, 0) is 36.3 Å². The molecule has 28 heavy (non-hydrogen) atoms. The third kappa shape index (κ3) is 4.28. The number of rotatable bonds is 4. The molecule has 2 N–H and O–H groups in total. The summed E-state index contributed by atoms with van der Waals surface area (Å²) in [7, 11) is 0. The Labute approximate surface area is 161 Å². The Kier molecular flexibility index (Phi) is 5.25. The van der Waals surface area contributed by atoms with Crippen LogP contribution in [0.1, 0.15) is 24.0 Å². The lowest BCUT2D eigenvalue weighted by molar-refractivity contribution is -0.137. The Morgan fingerprint density at radius 2 is 1.93 bits per heavy atom. The molecule has 0 unspecified atom stereocenters. The smallest absolute Gasteiger partial charge is 0.391 e. The summed E-state index contributed by atoms with van der Waals surface area (Å²) in [5, 5.41) is 13.8. The number of nitrogens with zero attached hydrogens (tertiary/aromatic N) is 3. The van der Waals surface area contributed by atoms with E-state index < -0.39 is 17.8 Å². The number of hydrogen-bond donors (Lipinski definition) is 2. The molecule has 4 rings (SSSR count). The van der Waals surface area contributed by atoms with Gasteiger partial charge in [0.15, 0.2) is 0 Å². The maximum absolute atomic E-state index is 12.9. The number of aliphatic hydroxyl groups is 1. The van der Waals surface area contributed by atoms with Crippen molar-refractivity contribution < 1.29 is 18.3 Å². The van der Waals surface area contributed by atoms with Gasteiger partial charge in [-0.1, -0.05) is 18.2 Å². The topological polar surface area (TPSA) is 61.3 Å². The summed E-state index contributed by atoms with van der Waals surface area (Å²) in [5.74, 6) is 1.41. The van der Waals surface area contributed by atoms with Crippen molar-refractivity contribution in [3.8, 4) is 0 Å². The number of aliphatic hydroxyl groups excluding tert-OH is 1. The number of fused-ring (bicyclic) bond motifs is 1. The molecule has 1 aromatic carbocycles. The second-order valence-electron chi connectivity index (χ2n) is 7.79. The molecule has 0 spiro atoms. The van der Waals surface area contributed by atoms with Crippen LogP contribution in [0.5, 0.6) is 0 Å². The SMILES string of the molecule is O[C@@H]1C[C@H]2CN(Cc3cccc(C(F)(F)F)c3)C[C@H]2C[C@H]1Nc1cnccn1. The highest BCUT2D eigenvalue weighted by Crippen LogP contribution is 2.38. The fourth-order valence-electron chi connectivity index (χ4n) is 4.48. The summed E-state index contributed by atoms with van der Waals surface area (Å²) in [6, 6.07) is 5.45. The van der Waals surface area contributed by atoms with Crippen molar-refractivity contribution in [3.05, 3.63) is 54.0 Å². The Bertz CT molecular complexity index is 802. The van der Waals surface area contributed by atoms with Crippen LogP contribution in [0.25, 0.3) is 0 Å². The van der Waals surface area contributed by atoms with Gasteiger partial charge in [-0.25, -0.2) is 4.98 Å². The van der Waals surface area contributed by atoms with Crippen LogP contribution >= 0.6 is 0 Å². The Morgan fingerprint density at radius 1 is 1.14 bits per heavy atom. The third-order valence-corrected chi connectivity index (χ3v) is 5.77. The van der Waals surface area contributed by atoms with E-state index >= 15 is 0 Å². The number of likely N-dealkylation sites (tertiary alicyclic amines) is 1. The summed E-state index contributed by atoms with van der Waals surface area (Å²) in [4.78, 5) is 10.4. The summed E-state index contributed by atoms with van der Waals surface area (Å²) in [5.41, 5.74) is 0.0634. The predicted octanol–water partition coefficient (Wildman–Crippen LogP) is 3.18. The highest BCUT2D eigenvalue weighted by molar-refractivity contribution is 5.32. The van der Waals surface area contributed by atoms with Crippen molar-refractivity contribution in [1.82, 2.24) is 14.9 Å². The first-order valence-electron chi connectivity index (χ1n) is 9.47. The first-order valence-corrected chi connectivity index (χ1v) is 9.47. The molecule has 1 aliphatic carbocycles. The normalized spacial score (nSPS) is 28.1. The molecule has 4 atom stereocenters. The summed E-state index contributed by atoms with van der Waals surface area (Å²) < 4.78 is 38.8. The molecule has 150 valence electrons. The Balaban J connectivity index is 1.38. The molecule has 0 bridgehead atoms. The van der Waals surface area contributed by atoms with Gasteiger partial charge in [-0.3, -0.25) is 9.88 Å². The first-order chi connectivity index (χ1) is 13.4. The average Bonchev–Trinajstić information content (AvgIpc) is 3.03. The number of hydrogen-bond acceptors (Lipinski definition) is 5. The lowest BCUT2D eigenvalue weighted by Crippen LogP contribution is -2.43. The lowest BCUT2D eigenvalue weighted by atomic mass is 9.77. The lowest BCUT2D eigenvalue weighted by Gasteiger charge is -2.35. The average molecular weight is 392 g/mol. The van der Waals surface area contributed by atoms with Gasteiger partial charge in [0, 0.05) is 32.0 Å². The van der Waals surface area contributed by atoms with E-state index in [0.717, 1.165) is 25.6 Å². The number of benzene rings is 1. The number of halogens is 3. The van der Waals surface area contributed by atoms with Gasteiger partial charge in [-0.2, -0.15) is 13.2 Å². The van der Waals surface area contributed by atoms with Gasteiger partial charge in [0.05, 0.1) is 23.9 Å². The molecule has 2 aliphatic rings. The molecule has 0 amide bonds. The standard InChI is InChI=1S/C20H23F3N4O/c21-20(22,23)16-3-1-2-13(6-16)10-27-11-14-7-17(18(28)8-15(14)12-27)26-19-9-24-4-5-25-19/h1-6,9,14-15,17-18,28H,7-8,10-12H2,(H,25,26)/t14-,15+,17-,18-/m1/s1. The van der Waals surface area contributed by atoms with E-state index in [2.05, 4.69) is 20.2 Å². The van der Waals surface area contributed by atoms with Crippen LogP contribution in [0.4, 0.5) is 19.0 Å². The third-order valence-electron chi connectivity index (χ3n) is 5.77. The van der Waals surface area contributed by atoms with Crippen molar-refractivity contribution in [1.29, 1.82) is 0 Å². The second-order valence-corrected chi connectivity index (χ2v) is 7.79. The van der Waals surface area contributed by atoms with Crippen LogP contribution in [0.2, 0.25) is 0 Å².